The molecule has 1 atom stereocenters. The van der Waals surface area contributed by atoms with Crippen LogP contribution in [0.1, 0.15) is 24.8 Å². The van der Waals surface area contributed by atoms with Crippen molar-refractivity contribution in [2.75, 3.05) is 57.7 Å². The summed E-state index contributed by atoms with van der Waals surface area (Å²) < 4.78 is 0. The summed E-state index contributed by atoms with van der Waals surface area (Å²) in [6, 6.07) is 7.63. The standard InChI is InChI=1S/C21H33N5O2/c1-17-4-6-19(7-5-17)24-21(28)23-15-18-3-2-11-25(16-18)12-8-20(27)26-13-9-22-10-14-26/h4-7,18,22H,2-3,8-16H2,1H3,(H2,23,24,28). The minimum Gasteiger partial charge on any atom is -0.340 e. The van der Waals surface area contributed by atoms with Gasteiger partial charge in [-0.1, -0.05) is 17.7 Å². The largest absolute Gasteiger partial charge is 0.340 e. The summed E-state index contributed by atoms with van der Waals surface area (Å²) in [4.78, 5) is 28.8. The number of aryl methyl sites for hydroxylation is 1. The maximum Gasteiger partial charge on any atom is 0.319 e. The normalized spacial score (nSPS) is 20.6. The van der Waals surface area contributed by atoms with E-state index in [1.54, 1.807) is 0 Å². The van der Waals surface area contributed by atoms with Crippen molar-refractivity contribution in [3.63, 3.8) is 0 Å². The fourth-order valence-electron chi connectivity index (χ4n) is 3.90. The molecular formula is C21H33N5O2. The number of piperazine rings is 1. The average Bonchev–Trinajstić information content (AvgIpc) is 2.73. The molecule has 3 N–H and O–H groups in total. The lowest BCUT2D eigenvalue weighted by Crippen LogP contribution is -2.47. The highest BCUT2D eigenvalue weighted by Gasteiger charge is 2.22. The van der Waals surface area contributed by atoms with E-state index in [-0.39, 0.29) is 11.9 Å². The van der Waals surface area contributed by atoms with Gasteiger partial charge >= 0.3 is 6.03 Å². The third-order valence-corrected chi connectivity index (χ3v) is 5.58. The first-order valence-corrected chi connectivity index (χ1v) is 10.4. The molecule has 3 rings (SSSR count). The van der Waals surface area contributed by atoms with Crippen LogP contribution in [0.2, 0.25) is 0 Å². The number of benzene rings is 1. The van der Waals surface area contributed by atoms with Gasteiger partial charge in [0.15, 0.2) is 0 Å². The summed E-state index contributed by atoms with van der Waals surface area (Å²) in [6.45, 7) is 8.93. The Morgan fingerprint density at radius 2 is 1.89 bits per heavy atom. The monoisotopic (exact) mass is 387 g/mol. The second kappa shape index (κ2) is 10.4. The molecule has 154 valence electrons. The highest BCUT2D eigenvalue weighted by molar-refractivity contribution is 5.89. The van der Waals surface area contributed by atoms with Gasteiger partial charge < -0.3 is 25.8 Å². The van der Waals surface area contributed by atoms with Crippen LogP contribution in [0, 0.1) is 12.8 Å². The smallest absolute Gasteiger partial charge is 0.319 e. The quantitative estimate of drug-likeness (QED) is 0.694. The molecule has 28 heavy (non-hydrogen) atoms. The van der Waals surface area contributed by atoms with E-state index in [4.69, 9.17) is 0 Å². The minimum absolute atomic E-state index is 0.158. The molecule has 2 aliphatic heterocycles. The molecule has 0 spiro atoms. The van der Waals surface area contributed by atoms with Gasteiger partial charge in [-0.15, -0.1) is 0 Å². The van der Waals surface area contributed by atoms with Crippen molar-refractivity contribution in [2.45, 2.75) is 26.2 Å². The highest BCUT2D eigenvalue weighted by atomic mass is 16.2. The van der Waals surface area contributed by atoms with Crippen LogP contribution in [0.15, 0.2) is 24.3 Å². The minimum atomic E-state index is -0.158. The van der Waals surface area contributed by atoms with Crippen molar-refractivity contribution in [1.29, 1.82) is 0 Å². The van der Waals surface area contributed by atoms with E-state index in [1.807, 2.05) is 36.1 Å². The SMILES string of the molecule is Cc1ccc(NC(=O)NCC2CCCN(CCC(=O)N3CCNCC3)C2)cc1. The second-order valence-corrected chi connectivity index (χ2v) is 7.89. The summed E-state index contributed by atoms with van der Waals surface area (Å²) >= 11 is 0. The van der Waals surface area contributed by atoms with Gasteiger partial charge in [0, 0.05) is 57.9 Å². The van der Waals surface area contributed by atoms with Crippen molar-refractivity contribution in [3.8, 4) is 0 Å². The first kappa shape index (κ1) is 20.6. The number of nitrogens with one attached hydrogen (secondary N) is 3. The van der Waals surface area contributed by atoms with Gasteiger partial charge in [0.05, 0.1) is 0 Å². The van der Waals surface area contributed by atoms with E-state index in [9.17, 15) is 9.59 Å². The molecule has 0 bridgehead atoms. The van der Waals surface area contributed by atoms with Gasteiger partial charge in [-0.3, -0.25) is 4.79 Å². The molecule has 2 aliphatic rings. The van der Waals surface area contributed by atoms with Crippen molar-refractivity contribution in [3.05, 3.63) is 29.8 Å². The second-order valence-electron chi connectivity index (χ2n) is 7.89. The first-order valence-electron chi connectivity index (χ1n) is 10.4. The number of hydrogen-bond acceptors (Lipinski definition) is 4. The van der Waals surface area contributed by atoms with Crippen LogP contribution in [-0.4, -0.2) is 74.1 Å². The third kappa shape index (κ3) is 6.49. The lowest BCUT2D eigenvalue weighted by atomic mass is 9.98. The summed E-state index contributed by atoms with van der Waals surface area (Å²) in [7, 11) is 0. The Kier molecular flexibility index (Phi) is 7.68. The molecule has 0 radical (unpaired) electrons. The molecule has 7 heteroatoms. The maximum absolute atomic E-state index is 12.3. The van der Waals surface area contributed by atoms with Crippen LogP contribution in [0.4, 0.5) is 10.5 Å². The summed E-state index contributed by atoms with van der Waals surface area (Å²) in [5.74, 6) is 0.700. The van der Waals surface area contributed by atoms with E-state index >= 15 is 0 Å². The van der Waals surface area contributed by atoms with E-state index in [1.165, 1.54) is 5.56 Å². The van der Waals surface area contributed by atoms with Crippen LogP contribution in [0.5, 0.6) is 0 Å². The Hall–Kier alpha value is -2.12. The van der Waals surface area contributed by atoms with Gasteiger partial charge in [-0.2, -0.15) is 0 Å². The number of piperidine rings is 1. The Balaban J connectivity index is 1.35. The molecule has 1 aromatic carbocycles. The van der Waals surface area contributed by atoms with Crippen LogP contribution < -0.4 is 16.0 Å². The van der Waals surface area contributed by atoms with Crippen LogP contribution >= 0.6 is 0 Å². The Labute approximate surface area is 167 Å². The van der Waals surface area contributed by atoms with Gasteiger partial charge in [-0.05, 0) is 44.4 Å². The molecule has 7 nitrogen and oxygen atoms in total. The molecule has 1 aromatic rings. The molecular weight excluding hydrogens is 354 g/mol. The Bertz CT molecular complexity index is 643. The van der Waals surface area contributed by atoms with Crippen LogP contribution in [0.25, 0.3) is 0 Å². The zero-order valence-electron chi connectivity index (χ0n) is 16.9. The lowest BCUT2D eigenvalue weighted by Gasteiger charge is -2.33. The lowest BCUT2D eigenvalue weighted by molar-refractivity contribution is -0.132. The number of urea groups is 1. The van der Waals surface area contributed by atoms with Gasteiger partial charge in [0.1, 0.15) is 0 Å². The van der Waals surface area contributed by atoms with Crippen molar-refractivity contribution < 1.29 is 9.59 Å². The van der Waals surface area contributed by atoms with Crippen LogP contribution in [-0.2, 0) is 4.79 Å². The molecule has 2 heterocycles. The summed E-state index contributed by atoms with van der Waals surface area (Å²) in [5, 5.41) is 9.15. The number of carbonyl (C=O) groups excluding carboxylic acids is 2. The zero-order chi connectivity index (χ0) is 19.8. The fraction of sp³-hybridized carbons (Fsp3) is 0.619. The number of anilines is 1. The van der Waals surface area contributed by atoms with E-state index in [2.05, 4.69) is 20.9 Å². The van der Waals surface area contributed by atoms with E-state index in [0.717, 1.165) is 64.3 Å². The van der Waals surface area contributed by atoms with Gasteiger partial charge in [-0.25, -0.2) is 4.79 Å². The third-order valence-electron chi connectivity index (χ3n) is 5.58. The van der Waals surface area contributed by atoms with Crippen molar-refractivity contribution >= 4 is 17.6 Å². The highest BCUT2D eigenvalue weighted by Crippen LogP contribution is 2.16. The fourth-order valence-corrected chi connectivity index (χ4v) is 3.90. The van der Waals surface area contributed by atoms with Crippen LogP contribution in [0.3, 0.4) is 0 Å². The molecule has 0 aromatic heterocycles. The number of hydrogen-bond donors (Lipinski definition) is 3. The van der Waals surface area contributed by atoms with E-state index < -0.39 is 0 Å². The number of likely N-dealkylation sites (tertiary alicyclic amines) is 1. The average molecular weight is 388 g/mol. The predicted octanol–water partition coefficient (Wildman–Crippen LogP) is 1.65. The predicted molar refractivity (Wildman–Crippen MR) is 111 cm³/mol. The number of carbonyl (C=O) groups is 2. The zero-order valence-corrected chi connectivity index (χ0v) is 16.9. The molecule has 3 amide bonds. The first-order chi connectivity index (χ1) is 13.6. The van der Waals surface area contributed by atoms with Gasteiger partial charge in [0.25, 0.3) is 0 Å². The molecule has 2 fully saturated rings. The van der Waals surface area contributed by atoms with Gasteiger partial charge in [0.2, 0.25) is 5.91 Å². The van der Waals surface area contributed by atoms with Crippen molar-refractivity contribution in [1.82, 2.24) is 20.4 Å². The molecule has 2 saturated heterocycles. The summed E-state index contributed by atoms with van der Waals surface area (Å²) in [5.41, 5.74) is 1.98. The number of amides is 3. The number of rotatable bonds is 6. The topological polar surface area (TPSA) is 76.7 Å². The molecule has 0 aliphatic carbocycles. The molecule has 1 unspecified atom stereocenters. The van der Waals surface area contributed by atoms with E-state index in [0.29, 0.717) is 18.9 Å². The molecule has 0 saturated carbocycles. The number of nitrogens with zero attached hydrogens (tertiary/aromatic N) is 2. The maximum atomic E-state index is 12.3. The summed E-state index contributed by atoms with van der Waals surface area (Å²) in [6.07, 6.45) is 2.83. The Morgan fingerprint density at radius 1 is 1.14 bits per heavy atom. The Morgan fingerprint density at radius 3 is 2.64 bits per heavy atom. The van der Waals surface area contributed by atoms with Crippen molar-refractivity contribution in [2.24, 2.45) is 5.92 Å².